The number of hydrogen-bond acceptors (Lipinski definition) is 1. The minimum Gasteiger partial charge on any atom is -0.338 e. The number of amides is 1. The van der Waals surface area contributed by atoms with Crippen LogP contribution < -0.4 is 0 Å². The molecule has 0 atom stereocenters. The fraction of sp³-hybridized carbons (Fsp3) is 0.611. The molecule has 4 bridgehead atoms. The van der Waals surface area contributed by atoms with Gasteiger partial charge in [0.2, 0.25) is 0 Å². The maximum atomic E-state index is 13.9. The molecule has 1 amide bonds. The molecule has 0 saturated heterocycles. The van der Waals surface area contributed by atoms with Gasteiger partial charge in [0.1, 0.15) is 11.6 Å². The van der Waals surface area contributed by atoms with Gasteiger partial charge in [0.05, 0.1) is 5.56 Å². The Morgan fingerprint density at radius 1 is 1.05 bits per heavy atom. The molecule has 0 aromatic heterocycles. The first kappa shape index (κ1) is 14.2. The molecule has 4 aliphatic rings. The van der Waals surface area contributed by atoms with E-state index in [1.165, 1.54) is 38.2 Å². The lowest BCUT2D eigenvalue weighted by molar-refractivity contribution is -0.0492. The van der Waals surface area contributed by atoms with Crippen molar-refractivity contribution in [3.8, 4) is 0 Å². The Morgan fingerprint density at radius 3 is 2.18 bits per heavy atom. The van der Waals surface area contributed by atoms with Crippen LogP contribution in [0.15, 0.2) is 18.2 Å². The molecule has 0 aliphatic heterocycles. The average Bonchev–Trinajstić information content (AvgIpc) is 2.45. The first-order chi connectivity index (χ1) is 10.5. The van der Waals surface area contributed by atoms with E-state index in [0.717, 1.165) is 24.0 Å². The van der Waals surface area contributed by atoms with Crippen LogP contribution in [0.2, 0.25) is 0 Å². The third-order valence-electron chi connectivity index (χ3n) is 6.11. The topological polar surface area (TPSA) is 20.3 Å². The van der Waals surface area contributed by atoms with Crippen molar-refractivity contribution in [1.29, 1.82) is 0 Å². The molecule has 0 unspecified atom stereocenters. The third-order valence-corrected chi connectivity index (χ3v) is 6.11. The van der Waals surface area contributed by atoms with Gasteiger partial charge in [0.25, 0.3) is 5.91 Å². The summed E-state index contributed by atoms with van der Waals surface area (Å²) < 4.78 is 26.9. The molecule has 0 radical (unpaired) electrons. The molecular weight excluding hydrogens is 284 g/mol. The zero-order valence-corrected chi connectivity index (χ0v) is 12.8. The Morgan fingerprint density at radius 2 is 1.64 bits per heavy atom. The van der Waals surface area contributed by atoms with Crippen LogP contribution in [0.1, 0.15) is 42.5 Å². The fourth-order valence-electron chi connectivity index (χ4n) is 5.52. The van der Waals surface area contributed by atoms with Crippen LogP contribution in [0.25, 0.3) is 0 Å². The van der Waals surface area contributed by atoms with Gasteiger partial charge in [-0.3, -0.25) is 4.79 Å². The zero-order chi connectivity index (χ0) is 15.4. The molecular formula is C18H21F2NO. The predicted molar refractivity (Wildman–Crippen MR) is 79.3 cm³/mol. The van der Waals surface area contributed by atoms with Gasteiger partial charge in [0.15, 0.2) is 0 Å². The Balaban J connectivity index is 1.58. The number of hydrogen-bond donors (Lipinski definition) is 0. The monoisotopic (exact) mass is 305 g/mol. The SMILES string of the molecule is CN(C(=O)c1ccc(F)cc1F)C1C2CC3CC(C2)CC1C3. The zero-order valence-electron chi connectivity index (χ0n) is 12.8. The number of benzene rings is 1. The molecule has 5 rings (SSSR count). The number of carbonyl (C=O) groups excluding carboxylic acids is 1. The number of rotatable bonds is 2. The fourth-order valence-corrected chi connectivity index (χ4v) is 5.52. The van der Waals surface area contributed by atoms with Crippen molar-refractivity contribution in [2.75, 3.05) is 7.05 Å². The van der Waals surface area contributed by atoms with Gasteiger partial charge in [0, 0.05) is 19.2 Å². The molecule has 22 heavy (non-hydrogen) atoms. The summed E-state index contributed by atoms with van der Waals surface area (Å²) in [5.74, 6) is 1.08. The maximum absolute atomic E-state index is 13.9. The van der Waals surface area contributed by atoms with Crippen molar-refractivity contribution in [2.45, 2.75) is 38.1 Å². The molecule has 4 fully saturated rings. The smallest absolute Gasteiger partial charge is 0.256 e. The van der Waals surface area contributed by atoms with Crippen molar-refractivity contribution >= 4 is 5.91 Å². The summed E-state index contributed by atoms with van der Waals surface area (Å²) in [5, 5.41) is 0. The van der Waals surface area contributed by atoms with Gasteiger partial charge in [-0.2, -0.15) is 0 Å². The minimum absolute atomic E-state index is 0.0160. The van der Waals surface area contributed by atoms with Crippen LogP contribution in [0.3, 0.4) is 0 Å². The average molecular weight is 305 g/mol. The van der Waals surface area contributed by atoms with E-state index in [1.807, 2.05) is 0 Å². The van der Waals surface area contributed by atoms with E-state index in [0.29, 0.717) is 11.8 Å². The van der Waals surface area contributed by atoms with E-state index < -0.39 is 11.6 Å². The van der Waals surface area contributed by atoms with E-state index in [1.54, 1.807) is 11.9 Å². The van der Waals surface area contributed by atoms with Gasteiger partial charge in [-0.1, -0.05) is 0 Å². The van der Waals surface area contributed by atoms with Crippen LogP contribution >= 0.6 is 0 Å². The van der Waals surface area contributed by atoms with Gasteiger partial charge >= 0.3 is 0 Å². The molecule has 0 heterocycles. The first-order valence-corrected chi connectivity index (χ1v) is 8.25. The predicted octanol–water partition coefficient (Wildman–Crippen LogP) is 3.86. The Bertz CT molecular complexity index is 587. The first-order valence-electron chi connectivity index (χ1n) is 8.25. The van der Waals surface area contributed by atoms with Gasteiger partial charge in [-0.15, -0.1) is 0 Å². The lowest BCUT2D eigenvalue weighted by Gasteiger charge is -2.56. The highest BCUT2D eigenvalue weighted by Gasteiger charge is 2.50. The molecule has 118 valence electrons. The van der Waals surface area contributed by atoms with Crippen LogP contribution in [0.4, 0.5) is 8.78 Å². The van der Waals surface area contributed by atoms with E-state index in [9.17, 15) is 13.6 Å². The number of nitrogens with zero attached hydrogens (tertiary/aromatic N) is 1. The van der Waals surface area contributed by atoms with E-state index in [4.69, 9.17) is 0 Å². The highest BCUT2D eigenvalue weighted by molar-refractivity contribution is 5.94. The van der Waals surface area contributed by atoms with Crippen molar-refractivity contribution in [1.82, 2.24) is 4.90 Å². The molecule has 0 N–H and O–H groups in total. The van der Waals surface area contributed by atoms with Gasteiger partial charge in [-0.05, 0) is 67.9 Å². The summed E-state index contributed by atoms with van der Waals surface area (Å²) in [5.41, 5.74) is -0.0160. The molecule has 4 saturated carbocycles. The summed E-state index contributed by atoms with van der Waals surface area (Å²) in [6.07, 6.45) is 6.20. The molecule has 1 aromatic rings. The third kappa shape index (κ3) is 2.15. The number of carbonyl (C=O) groups is 1. The van der Waals surface area contributed by atoms with Crippen LogP contribution in [-0.2, 0) is 0 Å². The quantitative estimate of drug-likeness (QED) is 0.812. The maximum Gasteiger partial charge on any atom is 0.256 e. The lowest BCUT2D eigenvalue weighted by Crippen LogP contribution is -2.56. The minimum atomic E-state index is -0.763. The molecule has 4 aliphatic carbocycles. The van der Waals surface area contributed by atoms with Gasteiger partial charge in [-0.25, -0.2) is 8.78 Å². The summed E-state index contributed by atoms with van der Waals surface area (Å²) in [7, 11) is 1.79. The second kappa shape index (κ2) is 5.04. The second-order valence-corrected chi connectivity index (χ2v) is 7.46. The van der Waals surface area contributed by atoms with Crippen molar-refractivity contribution in [3.05, 3.63) is 35.4 Å². The van der Waals surface area contributed by atoms with Gasteiger partial charge < -0.3 is 4.90 Å². The summed E-state index contributed by atoms with van der Waals surface area (Å²) in [4.78, 5) is 14.4. The summed E-state index contributed by atoms with van der Waals surface area (Å²) in [6.45, 7) is 0. The largest absolute Gasteiger partial charge is 0.338 e. The van der Waals surface area contributed by atoms with Crippen molar-refractivity contribution in [3.63, 3.8) is 0 Å². The second-order valence-electron chi connectivity index (χ2n) is 7.46. The lowest BCUT2D eigenvalue weighted by atomic mass is 9.54. The summed E-state index contributed by atoms with van der Waals surface area (Å²) in [6, 6.07) is 3.43. The molecule has 2 nitrogen and oxygen atoms in total. The van der Waals surface area contributed by atoms with Crippen molar-refractivity contribution < 1.29 is 13.6 Å². The van der Waals surface area contributed by atoms with E-state index >= 15 is 0 Å². The normalized spacial score (nSPS) is 35.7. The van der Waals surface area contributed by atoms with Crippen molar-refractivity contribution in [2.24, 2.45) is 23.7 Å². The standard InChI is InChI=1S/C18H21F2NO/c1-21(18(22)15-3-2-14(19)9-16(15)20)17-12-5-10-4-11(7-12)8-13(17)6-10/h2-3,9-13,17H,4-8H2,1H3. The Kier molecular flexibility index (Phi) is 3.24. The summed E-state index contributed by atoms with van der Waals surface area (Å²) >= 11 is 0. The van der Waals surface area contributed by atoms with E-state index in [2.05, 4.69) is 0 Å². The van der Waals surface area contributed by atoms with E-state index in [-0.39, 0.29) is 17.5 Å². The van der Waals surface area contributed by atoms with Crippen LogP contribution in [0.5, 0.6) is 0 Å². The molecule has 1 aromatic carbocycles. The molecule has 0 spiro atoms. The highest BCUT2D eigenvalue weighted by Crippen LogP contribution is 2.55. The van der Waals surface area contributed by atoms with Crippen LogP contribution in [0, 0.1) is 35.3 Å². The Hall–Kier alpha value is -1.45. The van der Waals surface area contributed by atoms with Crippen LogP contribution in [-0.4, -0.2) is 23.9 Å². The number of halogens is 2. The molecule has 4 heteroatoms. The Labute approximate surface area is 129 Å². The highest BCUT2D eigenvalue weighted by atomic mass is 19.1.